The minimum absolute atomic E-state index is 0.173. The number of hydrogen-bond acceptors (Lipinski definition) is 4. The SMILES string of the molecule is CCCN1C(=S)NC(c2cc(Cl)c(OCC(C)C)c(OCC)c2)C2=C1CCCC2=O. The van der Waals surface area contributed by atoms with Crippen LogP contribution in [0.3, 0.4) is 0 Å². The van der Waals surface area contributed by atoms with Crippen molar-refractivity contribution in [3.63, 3.8) is 0 Å². The summed E-state index contributed by atoms with van der Waals surface area (Å²) in [5.41, 5.74) is 2.72. The van der Waals surface area contributed by atoms with Crippen molar-refractivity contribution in [3.05, 3.63) is 34.0 Å². The molecule has 1 aromatic carbocycles. The molecule has 0 aromatic heterocycles. The summed E-state index contributed by atoms with van der Waals surface area (Å²) in [7, 11) is 0. The van der Waals surface area contributed by atoms with Gasteiger partial charge in [-0.1, -0.05) is 32.4 Å². The molecule has 1 aromatic rings. The van der Waals surface area contributed by atoms with Crippen molar-refractivity contribution in [2.24, 2.45) is 5.92 Å². The minimum atomic E-state index is -0.329. The fourth-order valence-electron chi connectivity index (χ4n) is 3.97. The van der Waals surface area contributed by atoms with Crippen LogP contribution in [-0.2, 0) is 4.79 Å². The number of nitrogens with one attached hydrogen (secondary N) is 1. The largest absolute Gasteiger partial charge is 0.490 e. The van der Waals surface area contributed by atoms with Crippen LogP contribution in [0.25, 0.3) is 0 Å². The van der Waals surface area contributed by atoms with E-state index in [1.165, 1.54) is 0 Å². The lowest BCUT2D eigenvalue weighted by molar-refractivity contribution is -0.116. The molecule has 3 rings (SSSR count). The first-order valence-electron chi connectivity index (χ1n) is 10.8. The van der Waals surface area contributed by atoms with Gasteiger partial charge in [0, 0.05) is 24.2 Å². The van der Waals surface area contributed by atoms with Crippen molar-refractivity contribution in [2.75, 3.05) is 19.8 Å². The highest BCUT2D eigenvalue weighted by Gasteiger charge is 2.37. The standard InChI is InChI=1S/C23H31ClN2O3S/c1-5-10-26-17-8-7-9-18(27)20(17)21(25-23(26)30)15-11-16(24)22(29-13-14(3)4)19(12-15)28-6-2/h11-12,14,21H,5-10,13H2,1-4H3,(H,25,30). The fourth-order valence-corrected chi connectivity index (χ4v) is 4.56. The van der Waals surface area contributed by atoms with Crippen molar-refractivity contribution in [1.29, 1.82) is 0 Å². The van der Waals surface area contributed by atoms with E-state index in [2.05, 4.69) is 31.0 Å². The molecule has 0 amide bonds. The number of carbonyl (C=O) groups is 1. The summed E-state index contributed by atoms with van der Waals surface area (Å²) in [4.78, 5) is 15.0. The number of nitrogens with zero attached hydrogens (tertiary/aromatic N) is 1. The average molecular weight is 451 g/mol. The molecular formula is C23H31ClN2O3S. The molecule has 1 N–H and O–H groups in total. The Morgan fingerprint density at radius 2 is 2.03 bits per heavy atom. The molecular weight excluding hydrogens is 420 g/mol. The molecule has 164 valence electrons. The number of thiocarbonyl (C=S) groups is 1. The maximum atomic E-state index is 13.0. The van der Waals surface area contributed by atoms with Crippen molar-refractivity contribution in [2.45, 2.75) is 59.4 Å². The van der Waals surface area contributed by atoms with E-state index in [0.717, 1.165) is 42.6 Å². The molecule has 0 radical (unpaired) electrons. The number of halogens is 1. The Hall–Kier alpha value is -1.79. The van der Waals surface area contributed by atoms with Gasteiger partial charge in [0.15, 0.2) is 22.4 Å². The monoisotopic (exact) mass is 450 g/mol. The zero-order valence-corrected chi connectivity index (χ0v) is 19.8. The summed E-state index contributed by atoms with van der Waals surface area (Å²) in [5, 5.41) is 4.52. The second-order valence-corrected chi connectivity index (χ2v) is 8.93. The number of carbonyl (C=O) groups excluding carboxylic acids is 1. The maximum absolute atomic E-state index is 13.0. The molecule has 0 bridgehead atoms. The summed E-state index contributed by atoms with van der Waals surface area (Å²) in [6, 6.07) is 3.46. The summed E-state index contributed by atoms with van der Waals surface area (Å²) >= 11 is 12.3. The molecule has 2 aliphatic rings. The average Bonchev–Trinajstić information content (AvgIpc) is 2.69. The van der Waals surface area contributed by atoms with Crippen molar-refractivity contribution in [3.8, 4) is 11.5 Å². The Morgan fingerprint density at radius 1 is 1.27 bits per heavy atom. The van der Waals surface area contributed by atoms with Gasteiger partial charge in [-0.25, -0.2) is 0 Å². The molecule has 0 saturated heterocycles. The number of hydrogen-bond donors (Lipinski definition) is 1. The molecule has 30 heavy (non-hydrogen) atoms. The summed E-state index contributed by atoms with van der Waals surface area (Å²) in [6.45, 7) is 10.0. The normalized spacial score (nSPS) is 19.1. The number of rotatable bonds is 8. The predicted octanol–water partition coefficient (Wildman–Crippen LogP) is 5.42. The van der Waals surface area contributed by atoms with Gasteiger partial charge in [-0.3, -0.25) is 4.79 Å². The topological polar surface area (TPSA) is 50.8 Å². The zero-order chi connectivity index (χ0) is 21.8. The van der Waals surface area contributed by atoms with E-state index in [4.69, 9.17) is 33.3 Å². The second kappa shape index (κ2) is 10.0. The van der Waals surface area contributed by atoms with E-state index in [-0.39, 0.29) is 11.8 Å². The van der Waals surface area contributed by atoms with E-state index in [1.807, 2.05) is 19.1 Å². The van der Waals surface area contributed by atoms with Crippen LogP contribution in [0.15, 0.2) is 23.4 Å². The first-order valence-corrected chi connectivity index (χ1v) is 11.6. The summed E-state index contributed by atoms with van der Waals surface area (Å²) in [6.07, 6.45) is 3.24. The van der Waals surface area contributed by atoms with Crippen LogP contribution >= 0.6 is 23.8 Å². The Morgan fingerprint density at radius 3 is 2.70 bits per heavy atom. The Labute approximate surface area is 189 Å². The summed E-state index contributed by atoms with van der Waals surface area (Å²) in [5.74, 6) is 1.68. The molecule has 0 spiro atoms. The lowest BCUT2D eigenvalue weighted by atomic mass is 9.84. The third-order valence-electron chi connectivity index (χ3n) is 5.23. The van der Waals surface area contributed by atoms with Crippen LogP contribution in [0, 0.1) is 5.92 Å². The molecule has 5 nitrogen and oxygen atoms in total. The molecule has 0 fully saturated rings. The van der Waals surface area contributed by atoms with Crippen LogP contribution in [0.4, 0.5) is 0 Å². The molecule has 1 aliphatic heterocycles. The van der Waals surface area contributed by atoms with Crippen LogP contribution in [0.2, 0.25) is 5.02 Å². The zero-order valence-electron chi connectivity index (χ0n) is 18.2. The Balaban J connectivity index is 2.06. The molecule has 1 unspecified atom stereocenters. The van der Waals surface area contributed by atoms with E-state index in [1.54, 1.807) is 0 Å². The van der Waals surface area contributed by atoms with E-state index >= 15 is 0 Å². The van der Waals surface area contributed by atoms with Crippen LogP contribution in [0.1, 0.15) is 65.0 Å². The van der Waals surface area contributed by atoms with Gasteiger partial charge < -0.3 is 19.7 Å². The van der Waals surface area contributed by atoms with Gasteiger partial charge in [0.1, 0.15) is 0 Å². The molecule has 7 heteroatoms. The number of ketones is 1. The van der Waals surface area contributed by atoms with Gasteiger partial charge in [-0.2, -0.15) is 0 Å². The molecule has 1 aliphatic carbocycles. The number of benzene rings is 1. The highest BCUT2D eigenvalue weighted by molar-refractivity contribution is 7.80. The Kier molecular flexibility index (Phi) is 7.64. The van der Waals surface area contributed by atoms with Crippen LogP contribution < -0.4 is 14.8 Å². The van der Waals surface area contributed by atoms with E-state index in [0.29, 0.717) is 47.2 Å². The number of allylic oxidation sites excluding steroid dienone is 1. The maximum Gasteiger partial charge on any atom is 0.179 e. The number of ether oxygens (including phenoxy) is 2. The smallest absolute Gasteiger partial charge is 0.179 e. The van der Waals surface area contributed by atoms with Crippen molar-refractivity contribution in [1.82, 2.24) is 10.2 Å². The third kappa shape index (κ3) is 4.75. The lowest BCUT2D eigenvalue weighted by Gasteiger charge is -2.41. The Bertz CT molecular complexity index is 853. The van der Waals surface area contributed by atoms with Gasteiger partial charge in [-0.15, -0.1) is 0 Å². The molecule has 1 heterocycles. The van der Waals surface area contributed by atoms with Crippen molar-refractivity contribution >= 4 is 34.7 Å². The first-order chi connectivity index (χ1) is 14.4. The van der Waals surface area contributed by atoms with Crippen molar-refractivity contribution < 1.29 is 14.3 Å². The fraction of sp³-hybridized carbons (Fsp3) is 0.565. The molecule has 1 atom stereocenters. The first kappa shape index (κ1) is 22.9. The minimum Gasteiger partial charge on any atom is -0.490 e. The van der Waals surface area contributed by atoms with Gasteiger partial charge in [0.05, 0.1) is 24.3 Å². The predicted molar refractivity (Wildman–Crippen MR) is 124 cm³/mol. The van der Waals surface area contributed by atoms with Crippen LogP contribution in [0.5, 0.6) is 11.5 Å². The van der Waals surface area contributed by atoms with Crippen LogP contribution in [-0.4, -0.2) is 35.6 Å². The number of Topliss-reactive ketones (excluding diaryl/α,β-unsaturated/α-hetero) is 1. The van der Waals surface area contributed by atoms with Gasteiger partial charge in [0.25, 0.3) is 0 Å². The third-order valence-corrected chi connectivity index (χ3v) is 5.85. The highest BCUT2D eigenvalue weighted by atomic mass is 35.5. The highest BCUT2D eigenvalue weighted by Crippen LogP contribution is 2.43. The molecule has 0 saturated carbocycles. The quantitative estimate of drug-likeness (QED) is 0.533. The summed E-state index contributed by atoms with van der Waals surface area (Å²) < 4.78 is 11.8. The lowest BCUT2D eigenvalue weighted by Crippen LogP contribution is -2.49. The second-order valence-electron chi connectivity index (χ2n) is 8.14. The van der Waals surface area contributed by atoms with E-state index in [9.17, 15) is 4.79 Å². The van der Waals surface area contributed by atoms with Gasteiger partial charge in [-0.05, 0) is 62.0 Å². The van der Waals surface area contributed by atoms with E-state index < -0.39 is 0 Å². The van der Waals surface area contributed by atoms with Gasteiger partial charge >= 0.3 is 0 Å². The van der Waals surface area contributed by atoms with Gasteiger partial charge in [0.2, 0.25) is 0 Å².